The van der Waals surface area contributed by atoms with E-state index in [4.69, 9.17) is 4.52 Å². The Morgan fingerprint density at radius 2 is 1.92 bits per heavy atom. The van der Waals surface area contributed by atoms with E-state index in [0.29, 0.717) is 24.5 Å². The van der Waals surface area contributed by atoms with Crippen LogP contribution in [0.3, 0.4) is 0 Å². The van der Waals surface area contributed by atoms with E-state index in [9.17, 15) is 4.79 Å². The summed E-state index contributed by atoms with van der Waals surface area (Å²) in [5.74, 6) is 0.183. The van der Waals surface area contributed by atoms with Crippen LogP contribution < -0.4 is 4.90 Å². The molecule has 0 unspecified atom stereocenters. The normalized spacial score (nSPS) is 14.8. The summed E-state index contributed by atoms with van der Waals surface area (Å²) < 4.78 is 5.30. The zero-order valence-electron chi connectivity index (χ0n) is 13.9. The molecule has 0 spiro atoms. The van der Waals surface area contributed by atoms with Crippen molar-refractivity contribution in [3.05, 3.63) is 53.2 Å². The summed E-state index contributed by atoms with van der Waals surface area (Å²) in [5, 5.41) is 7.02. The smallest absolute Gasteiger partial charge is 0.292 e. The molecule has 1 saturated heterocycles. The summed E-state index contributed by atoms with van der Waals surface area (Å²) in [4.78, 5) is 21.0. The number of rotatable bonds is 3. The van der Waals surface area contributed by atoms with Gasteiger partial charge in [-0.3, -0.25) is 4.79 Å². The molecule has 6 nitrogen and oxygen atoms in total. The summed E-state index contributed by atoms with van der Waals surface area (Å²) in [6, 6.07) is 9.72. The number of amides is 1. The number of piperazine rings is 1. The van der Waals surface area contributed by atoms with Crippen LogP contribution in [0, 0.1) is 6.92 Å². The van der Waals surface area contributed by atoms with Crippen molar-refractivity contribution in [2.45, 2.75) is 6.92 Å². The van der Waals surface area contributed by atoms with Gasteiger partial charge in [0.15, 0.2) is 5.13 Å². The molecule has 1 aliphatic rings. The van der Waals surface area contributed by atoms with Crippen molar-refractivity contribution in [3.63, 3.8) is 0 Å². The van der Waals surface area contributed by atoms with E-state index >= 15 is 0 Å². The van der Waals surface area contributed by atoms with E-state index in [-0.39, 0.29) is 5.91 Å². The van der Waals surface area contributed by atoms with Gasteiger partial charge in [0, 0.05) is 49.4 Å². The van der Waals surface area contributed by atoms with Crippen LogP contribution in [0.25, 0.3) is 11.3 Å². The number of anilines is 1. The Bertz CT molecular complexity index is 850. The van der Waals surface area contributed by atoms with Gasteiger partial charge in [0.25, 0.3) is 5.91 Å². The summed E-state index contributed by atoms with van der Waals surface area (Å²) in [7, 11) is 0. The van der Waals surface area contributed by atoms with Gasteiger partial charge in [-0.1, -0.05) is 35.0 Å². The minimum absolute atomic E-state index is 0.107. The quantitative estimate of drug-likeness (QED) is 0.723. The number of carbonyl (C=O) groups excluding carboxylic acids is 1. The number of hydrogen-bond acceptors (Lipinski definition) is 6. The number of nitrogens with zero attached hydrogens (tertiary/aromatic N) is 4. The third kappa shape index (κ3) is 3.28. The highest BCUT2D eigenvalue weighted by Gasteiger charge is 2.26. The second-order valence-corrected chi connectivity index (χ2v) is 6.91. The third-order valence-corrected chi connectivity index (χ3v) is 5.16. The van der Waals surface area contributed by atoms with Crippen molar-refractivity contribution in [3.8, 4) is 11.3 Å². The van der Waals surface area contributed by atoms with E-state index in [1.165, 1.54) is 5.56 Å². The predicted octanol–water partition coefficient (Wildman–Crippen LogP) is 3.07. The van der Waals surface area contributed by atoms with Gasteiger partial charge in [0.05, 0.1) is 0 Å². The Kier molecular flexibility index (Phi) is 4.23. The second-order valence-electron chi connectivity index (χ2n) is 6.04. The summed E-state index contributed by atoms with van der Waals surface area (Å²) in [6.45, 7) is 4.89. The number of aryl methyl sites for hydroxylation is 1. The van der Waals surface area contributed by atoms with E-state index in [2.05, 4.69) is 15.0 Å². The standard InChI is InChI=1S/C18H18N4O2S/c1-13-2-4-14(5-3-13)15-12-16(24-20-15)17(23)21-7-9-22(10-8-21)18-19-6-11-25-18/h2-6,11-12H,7-10H2,1H3. The number of hydrogen-bond donors (Lipinski definition) is 0. The number of aromatic nitrogens is 2. The lowest BCUT2D eigenvalue weighted by atomic mass is 10.1. The molecule has 1 aromatic carbocycles. The molecular formula is C18H18N4O2S. The number of thiazole rings is 1. The van der Waals surface area contributed by atoms with Crippen LogP contribution in [0.2, 0.25) is 0 Å². The zero-order chi connectivity index (χ0) is 17.2. The van der Waals surface area contributed by atoms with Gasteiger partial charge in [-0.2, -0.15) is 0 Å². The van der Waals surface area contributed by atoms with Gasteiger partial charge in [0.2, 0.25) is 5.76 Å². The molecule has 1 amide bonds. The molecular weight excluding hydrogens is 336 g/mol. The Morgan fingerprint density at radius 1 is 1.16 bits per heavy atom. The molecule has 0 aliphatic carbocycles. The van der Waals surface area contributed by atoms with Gasteiger partial charge >= 0.3 is 0 Å². The molecule has 4 rings (SSSR count). The molecule has 3 heterocycles. The summed E-state index contributed by atoms with van der Waals surface area (Å²) in [6.07, 6.45) is 1.80. The van der Waals surface area contributed by atoms with Gasteiger partial charge in [-0.15, -0.1) is 11.3 Å². The van der Waals surface area contributed by atoms with Crippen molar-refractivity contribution < 1.29 is 9.32 Å². The Hall–Kier alpha value is -2.67. The first kappa shape index (κ1) is 15.8. The molecule has 128 valence electrons. The van der Waals surface area contributed by atoms with Gasteiger partial charge in [0.1, 0.15) is 5.69 Å². The van der Waals surface area contributed by atoms with Crippen LogP contribution in [0.4, 0.5) is 5.13 Å². The maximum atomic E-state index is 12.7. The van der Waals surface area contributed by atoms with Gasteiger partial charge in [-0.05, 0) is 6.92 Å². The largest absolute Gasteiger partial charge is 0.350 e. The fourth-order valence-corrected chi connectivity index (χ4v) is 3.56. The molecule has 1 aliphatic heterocycles. The number of benzene rings is 1. The second kappa shape index (κ2) is 6.68. The zero-order valence-corrected chi connectivity index (χ0v) is 14.7. The minimum atomic E-state index is -0.107. The minimum Gasteiger partial charge on any atom is -0.350 e. The fourth-order valence-electron chi connectivity index (χ4n) is 2.87. The van der Waals surface area contributed by atoms with Crippen LogP contribution in [0.15, 0.2) is 46.4 Å². The van der Waals surface area contributed by atoms with Crippen molar-refractivity contribution in [1.29, 1.82) is 0 Å². The monoisotopic (exact) mass is 354 g/mol. The van der Waals surface area contributed by atoms with Crippen LogP contribution in [-0.2, 0) is 0 Å². The molecule has 0 bridgehead atoms. The van der Waals surface area contributed by atoms with Crippen molar-refractivity contribution in [1.82, 2.24) is 15.0 Å². The SMILES string of the molecule is Cc1ccc(-c2cc(C(=O)N3CCN(c4nccs4)CC3)on2)cc1. The lowest BCUT2D eigenvalue weighted by Gasteiger charge is -2.33. The van der Waals surface area contributed by atoms with Crippen molar-refractivity contribution >= 4 is 22.4 Å². The van der Waals surface area contributed by atoms with Crippen LogP contribution in [0.1, 0.15) is 16.1 Å². The first-order chi connectivity index (χ1) is 12.2. The molecule has 0 radical (unpaired) electrons. The van der Waals surface area contributed by atoms with Gasteiger partial charge < -0.3 is 14.3 Å². The topological polar surface area (TPSA) is 62.5 Å². The lowest BCUT2D eigenvalue weighted by Crippen LogP contribution is -2.48. The van der Waals surface area contributed by atoms with Gasteiger partial charge in [-0.25, -0.2) is 4.98 Å². The predicted molar refractivity (Wildman–Crippen MR) is 96.9 cm³/mol. The average Bonchev–Trinajstić information content (AvgIpc) is 3.34. The molecule has 25 heavy (non-hydrogen) atoms. The Labute approximate surface area is 149 Å². The first-order valence-corrected chi connectivity index (χ1v) is 9.06. The fraction of sp³-hybridized carbons (Fsp3) is 0.278. The summed E-state index contributed by atoms with van der Waals surface area (Å²) in [5.41, 5.74) is 2.81. The molecule has 3 aromatic rings. The molecule has 2 aromatic heterocycles. The maximum Gasteiger partial charge on any atom is 0.292 e. The molecule has 7 heteroatoms. The molecule has 0 N–H and O–H groups in total. The first-order valence-electron chi connectivity index (χ1n) is 8.18. The van der Waals surface area contributed by atoms with Crippen LogP contribution in [0.5, 0.6) is 0 Å². The lowest BCUT2D eigenvalue weighted by molar-refractivity contribution is 0.0705. The third-order valence-electron chi connectivity index (χ3n) is 4.32. The molecule has 0 saturated carbocycles. The Morgan fingerprint density at radius 3 is 2.60 bits per heavy atom. The van der Waals surface area contributed by atoms with E-state index in [0.717, 1.165) is 23.8 Å². The van der Waals surface area contributed by atoms with E-state index in [1.807, 2.05) is 41.5 Å². The maximum absolute atomic E-state index is 12.7. The van der Waals surface area contributed by atoms with Crippen molar-refractivity contribution in [2.75, 3.05) is 31.1 Å². The highest BCUT2D eigenvalue weighted by atomic mass is 32.1. The van der Waals surface area contributed by atoms with E-state index < -0.39 is 0 Å². The van der Waals surface area contributed by atoms with Crippen LogP contribution in [-0.4, -0.2) is 47.1 Å². The van der Waals surface area contributed by atoms with Crippen LogP contribution >= 0.6 is 11.3 Å². The Balaban J connectivity index is 1.43. The molecule has 1 fully saturated rings. The van der Waals surface area contributed by atoms with Crippen molar-refractivity contribution in [2.24, 2.45) is 0 Å². The summed E-state index contributed by atoms with van der Waals surface area (Å²) >= 11 is 1.62. The number of carbonyl (C=O) groups is 1. The van der Waals surface area contributed by atoms with E-state index in [1.54, 1.807) is 23.6 Å². The average molecular weight is 354 g/mol. The highest BCUT2D eigenvalue weighted by molar-refractivity contribution is 7.13. The highest BCUT2D eigenvalue weighted by Crippen LogP contribution is 2.22. The molecule has 0 atom stereocenters.